The van der Waals surface area contributed by atoms with Gasteiger partial charge in [-0.3, -0.25) is 4.79 Å². The van der Waals surface area contributed by atoms with E-state index in [0.29, 0.717) is 28.3 Å². The molecule has 3 aromatic rings. The van der Waals surface area contributed by atoms with Gasteiger partial charge in [-0.15, -0.1) is 0 Å². The second-order valence-electron chi connectivity index (χ2n) is 6.34. The first kappa shape index (κ1) is 20.6. The van der Waals surface area contributed by atoms with E-state index in [0.717, 1.165) is 0 Å². The lowest BCUT2D eigenvalue weighted by Gasteiger charge is -2.08. The SMILES string of the molecule is COc1ccc(NC(=O)/C(C#N)=C\c2cccc(OCc3cccc(F)c3)c2)cc1. The second kappa shape index (κ2) is 9.89. The van der Waals surface area contributed by atoms with Gasteiger partial charge < -0.3 is 14.8 Å². The molecule has 0 atom stereocenters. The number of ether oxygens (including phenoxy) is 2. The topological polar surface area (TPSA) is 71.3 Å². The van der Waals surface area contributed by atoms with Crippen LogP contribution in [0, 0.1) is 17.1 Å². The van der Waals surface area contributed by atoms with Crippen molar-refractivity contribution in [2.45, 2.75) is 6.61 Å². The fraction of sp³-hybridized carbons (Fsp3) is 0.0833. The molecule has 0 aliphatic carbocycles. The van der Waals surface area contributed by atoms with E-state index < -0.39 is 5.91 Å². The summed E-state index contributed by atoms with van der Waals surface area (Å²) in [6, 6.07) is 21.8. The number of halogens is 1. The number of hydrogen-bond acceptors (Lipinski definition) is 4. The summed E-state index contributed by atoms with van der Waals surface area (Å²) in [5.41, 5.74) is 1.84. The maximum Gasteiger partial charge on any atom is 0.266 e. The molecule has 0 heterocycles. The number of rotatable bonds is 7. The van der Waals surface area contributed by atoms with Gasteiger partial charge in [0, 0.05) is 5.69 Å². The van der Waals surface area contributed by atoms with E-state index in [9.17, 15) is 14.4 Å². The summed E-state index contributed by atoms with van der Waals surface area (Å²) >= 11 is 0. The van der Waals surface area contributed by atoms with Gasteiger partial charge in [0.15, 0.2) is 0 Å². The molecule has 0 unspecified atom stereocenters. The first-order chi connectivity index (χ1) is 14.6. The van der Waals surface area contributed by atoms with Crippen LogP contribution in [0.25, 0.3) is 6.08 Å². The molecular weight excluding hydrogens is 383 g/mol. The maximum absolute atomic E-state index is 13.3. The van der Waals surface area contributed by atoms with Crippen LogP contribution in [-0.4, -0.2) is 13.0 Å². The van der Waals surface area contributed by atoms with E-state index in [-0.39, 0.29) is 18.0 Å². The highest BCUT2D eigenvalue weighted by molar-refractivity contribution is 6.09. The summed E-state index contributed by atoms with van der Waals surface area (Å²) < 4.78 is 24.0. The average Bonchev–Trinajstić information content (AvgIpc) is 2.77. The molecule has 1 N–H and O–H groups in total. The molecule has 30 heavy (non-hydrogen) atoms. The van der Waals surface area contributed by atoms with Crippen molar-refractivity contribution in [3.8, 4) is 17.6 Å². The van der Waals surface area contributed by atoms with E-state index in [1.54, 1.807) is 67.8 Å². The van der Waals surface area contributed by atoms with Gasteiger partial charge in [0.05, 0.1) is 7.11 Å². The summed E-state index contributed by atoms with van der Waals surface area (Å²) in [5, 5.41) is 12.1. The molecule has 0 aromatic heterocycles. The van der Waals surface area contributed by atoms with E-state index in [4.69, 9.17) is 9.47 Å². The standard InChI is InChI=1S/C24H19FN2O3/c1-29-22-10-8-21(9-11-22)27-24(28)19(15-26)12-17-4-3-7-23(14-17)30-16-18-5-2-6-20(25)13-18/h2-14H,16H2,1H3,(H,27,28)/b19-12-. The minimum Gasteiger partial charge on any atom is -0.497 e. The number of anilines is 1. The van der Waals surface area contributed by atoms with Crippen molar-refractivity contribution in [3.05, 3.63) is 95.3 Å². The van der Waals surface area contributed by atoms with E-state index in [2.05, 4.69) is 5.32 Å². The Morgan fingerprint density at radius 1 is 1.07 bits per heavy atom. The van der Waals surface area contributed by atoms with Gasteiger partial charge in [-0.2, -0.15) is 5.26 Å². The molecule has 1 amide bonds. The predicted molar refractivity (Wildman–Crippen MR) is 112 cm³/mol. The van der Waals surface area contributed by atoms with E-state index >= 15 is 0 Å². The lowest BCUT2D eigenvalue weighted by molar-refractivity contribution is -0.112. The molecule has 3 rings (SSSR count). The van der Waals surface area contributed by atoms with Gasteiger partial charge in [-0.1, -0.05) is 24.3 Å². The highest BCUT2D eigenvalue weighted by Gasteiger charge is 2.10. The Bertz CT molecular complexity index is 1100. The lowest BCUT2D eigenvalue weighted by atomic mass is 10.1. The number of benzene rings is 3. The first-order valence-electron chi connectivity index (χ1n) is 9.12. The Labute approximate surface area is 174 Å². The summed E-state index contributed by atoms with van der Waals surface area (Å²) in [6.07, 6.45) is 1.48. The lowest BCUT2D eigenvalue weighted by Crippen LogP contribution is -2.13. The van der Waals surface area contributed by atoms with Crippen LogP contribution in [0.1, 0.15) is 11.1 Å². The quantitative estimate of drug-likeness (QED) is 0.448. The Balaban J connectivity index is 1.69. The summed E-state index contributed by atoms with van der Waals surface area (Å²) in [6.45, 7) is 0.202. The number of hydrogen-bond donors (Lipinski definition) is 1. The minimum absolute atomic E-state index is 0.0481. The summed E-state index contributed by atoms with van der Waals surface area (Å²) in [5.74, 6) is 0.364. The molecule has 0 radical (unpaired) electrons. The zero-order chi connectivity index (χ0) is 21.3. The number of amides is 1. The maximum atomic E-state index is 13.3. The monoisotopic (exact) mass is 402 g/mol. The van der Waals surface area contributed by atoms with Gasteiger partial charge >= 0.3 is 0 Å². The van der Waals surface area contributed by atoms with E-state index in [1.165, 1.54) is 18.2 Å². The molecule has 0 aliphatic heterocycles. The Morgan fingerprint density at radius 2 is 1.83 bits per heavy atom. The van der Waals surface area contributed by atoms with Crippen molar-refractivity contribution in [2.75, 3.05) is 12.4 Å². The van der Waals surface area contributed by atoms with Crippen molar-refractivity contribution in [1.82, 2.24) is 0 Å². The molecule has 150 valence electrons. The normalized spacial score (nSPS) is 10.8. The zero-order valence-electron chi connectivity index (χ0n) is 16.3. The third-order valence-corrected chi connectivity index (χ3v) is 4.18. The zero-order valence-corrected chi connectivity index (χ0v) is 16.3. The second-order valence-corrected chi connectivity index (χ2v) is 6.34. The summed E-state index contributed by atoms with van der Waals surface area (Å²) in [7, 11) is 1.56. The van der Waals surface area contributed by atoms with Gasteiger partial charge in [0.2, 0.25) is 0 Å². The van der Waals surface area contributed by atoms with Crippen LogP contribution < -0.4 is 14.8 Å². The number of carbonyl (C=O) groups is 1. The molecule has 0 saturated carbocycles. The molecule has 0 spiro atoms. The molecule has 0 saturated heterocycles. The van der Waals surface area contributed by atoms with Gasteiger partial charge in [-0.05, 0) is 65.7 Å². The number of carbonyl (C=O) groups excluding carboxylic acids is 1. The number of methoxy groups -OCH3 is 1. The van der Waals surface area contributed by atoms with Crippen LogP contribution >= 0.6 is 0 Å². The van der Waals surface area contributed by atoms with Gasteiger partial charge in [0.25, 0.3) is 5.91 Å². The van der Waals surface area contributed by atoms with Crippen molar-refractivity contribution in [3.63, 3.8) is 0 Å². The van der Waals surface area contributed by atoms with Crippen molar-refractivity contribution in [2.24, 2.45) is 0 Å². The van der Waals surface area contributed by atoms with Crippen LogP contribution in [0.5, 0.6) is 11.5 Å². The fourth-order valence-electron chi connectivity index (χ4n) is 2.68. The first-order valence-corrected chi connectivity index (χ1v) is 9.12. The predicted octanol–water partition coefficient (Wildman–Crippen LogP) is 4.96. The Kier molecular flexibility index (Phi) is 6.80. The van der Waals surface area contributed by atoms with Crippen LogP contribution in [-0.2, 0) is 11.4 Å². The average molecular weight is 402 g/mol. The van der Waals surface area contributed by atoms with Crippen LogP contribution in [0.3, 0.4) is 0 Å². The molecular formula is C24H19FN2O3. The van der Waals surface area contributed by atoms with Crippen molar-refractivity contribution < 1.29 is 18.7 Å². The molecule has 3 aromatic carbocycles. The molecule has 0 bridgehead atoms. The number of nitriles is 1. The third-order valence-electron chi connectivity index (χ3n) is 4.18. The van der Waals surface area contributed by atoms with Crippen LogP contribution in [0.2, 0.25) is 0 Å². The number of nitrogens with one attached hydrogen (secondary N) is 1. The highest BCUT2D eigenvalue weighted by Crippen LogP contribution is 2.19. The van der Waals surface area contributed by atoms with Gasteiger partial charge in [-0.25, -0.2) is 4.39 Å². The molecule has 0 fully saturated rings. The fourth-order valence-corrected chi connectivity index (χ4v) is 2.68. The summed E-state index contributed by atoms with van der Waals surface area (Å²) in [4.78, 5) is 12.4. The third kappa shape index (κ3) is 5.69. The number of nitrogens with zero attached hydrogens (tertiary/aromatic N) is 1. The Hall–Kier alpha value is -4.11. The van der Waals surface area contributed by atoms with Crippen LogP contribution in [0.4, 0.5) is 10.1 Å². The van der Waals surface area contributed by atoms with E-state index in [1.807, 2.05) is 6.07 Å². The molecule has 6 heteroatoms. The molecule has 0 aliphatic rings. The van der Waals surface area contributed by atoms with Crippen molar-refractivity contribution >= 4 is 17.7 Å². The Morgan fingerprint density at radius 3 is 2.53 bits per heavy atom. The van der Waals surface area contributed by atoms with Crippen molar-refractivity contribution in [1.29, 1.82) is 5.26 Å². The van der Waals surface area contributed by atoms with Crippen LogP contribution in [0.15, 0.2) is 78.4 Å². The minimum atomic E-state index is -0.520. The van der Waals surface area contributed by atoms with Gasteiger partial charge in [0.1, 0.15) is 35.6 Å². The highest BCUT2D eigenvalue weighted by atomic mass is 19.1. The largest absolute Gasteiger partial charge is 0.497 e. The smallest absolute Gasteiger partial charge is 0.266 e. The molecule has 5 nitrogen and oxygen atoms in total.